The van der Waals surface area contributed by atoms with Crippen molar-refractivity contribution in [3.63, 3.8) is 0 Å². The molecule has 0 spiro atoms. The highest BCUT2D eigenvalue weighted by molar-refractivity contribution is 5.95. The van der Waals surface area contributed by atoms with E-state index in [1.165, 1.54) is 6.92 Å². The van der Waals surface area contributed by atoms with Gasteiger partial charge in [-0.1, -0.05) is 32.4 Å². The van der Waals surface area contributed by atoms with E-state index in [-0.39, 0.29) is 49.1 Å². The van der Waals surface area contributed by atoms with E-state index >= 15 is 0 Å². The molecule has 4 aliphatic rings. The summed E-state index contributed by atoms with van der Waals surface area (Å²) in [5, 5.41) is 43.9. The number of Topliss-reactive ketones (excluding diaryl/α,β-unsaturated/α-hetero) is 3. The predicted octanol–water partition coefficient (Wildman–Crippen LogP) is 3.15. The molecule has 0 aromatic rings. The lowest BCUT2D eigenvalue weighted by Gasteiger charge is -2.64. The fourth-order valence-corrected chi connectivity index (χ4v) is 9.24. The van der Waals surface area contributed by atoms with Gasteiger partial charge in [0.15, 0.2) is 11.6 Å². The molecule has 0 aliphatic heterocycles. The largest absolute Gasteiger partial charge is 0.393 e. The third kappa shape index (κ3) is 3.78. The Bertz CT molecular complexity index is 1050. The Morgan fingerprint density at radius 3 is 2.19 bits per heavy atom. The Morgan fingerprint density at radius 1 is 1.03 bits per heavy atom. The average molecular weight is 519 g/mol. The van der Waals surface area contributed by atoms with Crippen LogP contribution < -0.4 is 0 Å². The van der Waals surface area contributed by atoms with E-state index in [4.69, 9.17) is 0 Å². The second-order valence-electron chi connectivity index (χ2n) is 14.6. The summed E-state index contributed by atoms with van der Waals surface area (Å²) in [4.78, 5) is 40.4. The van der Waals surface area contributed by atoms with Gasteiger partial charge in [0.05, 0.1) is 11.7 Å². The van der Waals surface area contributed by atoms with Gasteiger partial charge >= 0.3 is 0 Å². The number of fused-ring (bicyclic) bond motifs is 5. The standard InChI is InChI=1S/C30H46O7/c1-25(2,36)12-11-21(33)30(8,37)23-19(32)14-27(5)20-10-9-16-17(13-18(31)24(35)26(16,3)4)29(20,7)22(34)15-28(23,27)6/h9,17-20,23,31-32,36-37H,10-15H2,1-8H3/t17-,18-,19+,20+,23-,27-,28+,29-,30-/m0/s1. The summed E-state index contributed by atoms with van der Waals surface area (Å²) in [6, 6.07) is 0. The van der Waals surface area contributed by atoms with Crippen molar-refractivity contribution >= 4 is 17.3 Å². The van der Waals surface area contributed by atoms with Crippen LogP contribution in [0.5, 0.6) is 0 Å². The molecule has 7 heteroatoms. The van der Waals surface area contributed by atoms with Gasteiger partial charge in [0.25, 0.3) is 0 Å². The van der Waals surface area contributed by atoms with Gasteiger partial charge in [-0.25, -0.2) is 0 Å². The van der Waals surface area contributed by atoms with Gasteiger partial charge in [0, 0.05) is 29.6 Å². The smallest absolute Gasteiger partial charge is 0.170 e. The minimum atomic E-state index is -1.86. The third-order valence-corrected chi connectivity index (χ3v) is 11.5. The molecule has 9 atom stereocenters. The molecule has 4 rings (SSSR count). The number of ketones is 3. The fraction of sp³-hybridized carbons (Fsp3) is 0.833. The van der Waals surface area contributed by atoms with E-state index in [0.717, 1.165) is 5.57 Å². The number of rotatable bonds is 5. The Morgan fingerprint density at radius 2 is 1.62 bits per heavy atom. The molecule has 0 unspecified atom stereocenters. The fourth-order valence-electron chi connectivity index (χ4n) is 9.24. The topological polar surface area (TPSA) is 132 Å². The number of aliphatic hydroxyl groups is 4. The van der Waals surface area contributed by atoms with Gasteiger partial charge in [-0.05, 0) is 83.0 Å². The van der Waals surface area contributed by atoms with Gasteiger partial charge in [-0.3, -0.25) is 14.4 Å². The molecule has 0 amide bonds. The highest BCUT2D eigenvalue weighted by Gasteiger charge is 2.74. The van der Waals surface area contributed by atoms with Crippen molar-refractivity contribution in [3.8, 4) is 0 Å². The highest BCUT2D eigenvalue weighted by atomic mass is 16.3. The summed E-state index contributed by atoms with van der Waals surface area (Å²) in [6.07, 6.45) is 1.33. The van der Waals surface area contributed by atoms with E-state index in [0.29, 0.717) is 12.8 Å². The van der Waals surface area contributed by atoms with Gasteiger partial charge < -0.3 is 20.4 Å². The van der Waals surface area contributed by atoms with Crippen molar-refractivity contribution in [2.45, 2.75) is 117 Å². The van der Waals surface area contributed by atoms with E-state index in [9.17, 15) is 34.8 Å². The van der Waals surface area contributed by atoms with E-state index in [1.54, 1.807) is 13.8 Å². The summed E-state index contributed by atoms with van der Waals surface area (Å²) in [5.74, 6) is -1.96. The maximum Gasteiger partial charge on any atom is 0.170 e. The monoisotopic (exact) mass is 518 g/mol. The van der Waals surface area contributed by atoms with Crippen molar-refractivity contribution in [2.75, 3.05) is 0 Å². The summed E-state index contributed by atoms with van der Waals surface area (Å²) in [6.45, 7) is 14.3. The Kier molecular flexibility index (Phi) is 6.41. The molecule has 0 bridgehead atoms. The Balaban J connectivity index is 1.77. The van der Waals surface area contributed by atoms with Crippen molar-refractivity contribution in [1.29, 1.82) is 0 Å². The van der Waals surface area contributed by atoms with E-state index in [1.807, 2.05) is 27.7 Å². The van der Waals surface area contributed by atoms with Crippen LogP contribution in [0, 0.1) is 39.4 Å². The SMILES string of the molecule is CC(C)(O)CCC(=O)[C@](C)(O)[C@H]1[C@H](O)C[C@@]2(C)[C@H]3CC=C4[C@H](C[C@H](O)C(=O)C4(C)C)[C@]3(C)C(=O)C[C@]12C. The zero-order chi connectivity index (χ0) is 28.1. The molecule has 0 aromatic heterocycles. The first-order chi connectivity index (χ1) is 16.7. The second-order valence-corrected chi connectivity index (χ2v) is 14.6. The molecule has 3 saturated carbocycles. The maximum absolute atomic E-state index is 14.2. The summed E-state index contributed by atoms with van der Waals surface area (Å²) in [7, 11) is 0. The summed E-state index contributed by atoms with van der Waals surface area (Å²) in [5.41, 5.74) is -5.10. The summed E-state index contributed by atoms with van der Waals surface area (Å²) < 4.78 is 0. The first-order valence-corrected chi connectivity index (χ1v) is 13.8. The van der Waals surface area contributed by atoms with Gasteiger partial charge in [-0.2, -0.15) is 0 Å². The lowest BCUT2D eigenvalue weighted by Crippen LogP contribution is -2.65. The molecule has 4 N–H and O–H groups in total. The van der Waals surface area contributed by atoms with Crippen molar-refractivity contribution in [2.24, 2.45) is 39.4 Å². The Labute approximate surface area is 220 Å². The zero-order valence-corrected chi connectivity index (χ0v) is 23.7. The molecule has 0 heterocycles. The molecule has 7 nitrogen and oxygen atoms in total. The molecular formula is C30H46O7. The molecule has 0 radical (unpaired) electrons. The van der Waals surface area contributed by atoms with Gasteiger partial charge in [0.2, 0.25) is 0 Å². The van der Waals surface area contributed by atoms with Crippen molar-refractivity contribution in [3.05, 3.63) is 11.6 Å². The molecular weight excluding hydrogens is 472 g/mol. The number of carbonyl (C=O) groups excluding carboxylic acids is 3. The highest BCUT2D eigenvalue weighted by Crippen LogP contribution is 2.74. The molecule has 4 aliphatic carbocycles. The first-order valence-electron chi connectivity index (χ1n) is 13.8. The van der Waals surface area contributed by atoms with Crippen LogP contribution in [0.25, 0.3) is 0 Å². The molecule has 0 aromatic carbocycles. The normalized spacial score (nSPS) is 44.9. The number of carbonyl (C=O) groups is 3. The van der Waals surface area contributed by atoms with Gasteiger partial charge in [-0.15, -0.1) is 0 Å². The van der Waals surface area contributed by atoms with Crippen LogP contribution >= 0.6 is 0 Å². The van der Waals surface area contributed by atoms with Crippen molar-refractivity contribution in [1.82, 2.24) is 0 Å². The van der Waals surface area contributed by atoms with E-state index < -0.39 is 56.8 Å². The average Bonchev–Trinajstić information content (AvgIpc) is 2.96. The predicted molar refractivity (Wildman–Crippen MR) is 138 cm³/mol. The molecule has 208 valence electrons. The molecule has 0 saturated heterocycles. The maximum atomic E-state index is 14.2. The lowest BCUT2D eigenvalue weighted by molar-refractivity contribution is -0.185. The third-order valence-electron chi connectivity index (χ3n) is 11.5. The number of aliphatic hydroxyl groups excluding tert-OH is 2. The molecule has 3 fully saturated rings. The first kappa shape index (κ1) is 28.6. The van der Waals surface area contributed by atoms with Crippen LogP contribution in [-0.4, -0.2) is 61.2 Å². The Hall–Kier alpha value is -1.41. The second kappa shape index (κ2) is 8.30. The van der Waals surface area contributed by atoms with Crippen molar-refractivity contribution < 1.29 is 34.8 Å². The van der Waals surface area contributed by atoms with Gasteiger partial charge in [0.1, 0.15) is 17.5 Å². The number of hydrogen-bond acceptors (Lipinski definition) is 7. The van der Waals surface area contributed by atoms with Crippen LogP contribution in [0.15, 0.2) is 11.6 Å². The minimum Gasteiger partial charge on any atom is -0.393 e. The quantitative estimate of drug-likeness (QED) is 0.411. The lowest BCUT2D eigenvalue weighted by atomic mass is 9.38. The van der Waals surface area contributed by atoms with Crippen LogP contribution in [0.2, 0.25) is 0 Å². The van der Waals surface area contributed by atoms with Crippen LogP contribution in [0.3, 0.4) is 0 Å². The van der Waals surface area contributed by atoms with E-state index in [2.05, 4.69) is 13.0 Å². The number of hydrogen-bond donors (Lipinski definition) is 4. The van der Waals surface area contributed by atoms with Crippen LogP contribution in [-0.2, 0) is 14.4 Å². The van der Waals surface area contributed by atoms with Crippen LogP contribution in [0.4, 0.5) is 0 Å². The summed E-state index contributed by atoms with van der Waals surface area (Å²) >= 11 is 0. The minimum absolute atomic E-state index is 0.00395. The van der Waals surface area contributed by atoms with Crippen LogP contribution in [0.1, 0.15) is 93.9 Å². The zero-order valence-electron chi connectivity index (χ0n) is 23.7. The molecule has 37 heavy (non-hydrogen) atoms. The number of allylic oxidation sites excluding steroid dienone is 2.